The summed E-state index contributed by atoms with van der Waals surface area (Å²) in [6.07, 6.45) is 2.29. The van der Waals surface area contributed by atoms with Crippen LogP contribution in [-0.2, 0) is 14.4 Å². The molecule has 25 heavy (non-hydrogen) atoms. The van der Waals surface area contributed by atoms with Crippen molar-refractivity contribution in [2.45, 2.75) is 40.2 Å². The topological polar surface area (TPSA) is 93.7 Å². The molecule has 0 aliphatic heterocycles. The lowest BCUT2D eigenvalue weighted by atomic mass is 10.1. The minimum atomic E-state index is -0.464. The van der Waals surface area contributed by atoms with Crippen LogP contribution in [0.25, 0.3) is 6.08 Å². The van der Waals surface area contributed by atoms with Crippen LogP contribution in [0.1, 0.15) is 39.7 Å². The second kappa shape index (κ2) is 9.46. The van der Waals surface area contributed by atoms with Crippen LogP contribution in [0.5, 0.6) is 11.5 Å². The lowest BCUT2D eigenvalue weighted by Gasteiger charge is -2.14. The zero-order valence-electron chi connectivity index (χ0n) is 15.1. The zero-order valence-corrected chi connectivity index (χ0v) is 15.1. The van der Waals surface area contributed by atoms with Gasteiger partial charge in [-0.1, -0.05) is 13.0 Å². The van der Waals surface area contributed by atoms with Crippen LogP contribution in [0.2, 0.25) is 0 Å². The molecular formula is C18H24N2O5. The normalized spacial score (nSPS) is 12.1. The quantitative estimate of drug-likeness (QED) is 0.447. The molecule has 0 unspecified atom stereocenters. The molecule has 0 saturated heterocycles. The number of benzene rings is 1. The molecule has 136 valence electrons. The Balaban J connectivity index is 3.16. The molecule has 1 atom stereocenters. The maximum absolute atomic E-state index is 12.3. The first-order valence-electron chi connectivity index (χ1n) is 7.93. The fourth-order valence-corrected chi connectivity index (χ4v) is 1.93. The van der Waals surface area contributed by atoms with Gasteiger partial charge in [-0.3, -0.25) is 14.4 Å². The van der Waals surface area contributed by atoms with Crippen molar-refractivity contribution in [2.75, 3.05) is 7.11 Å². The molecule has 0 heterocycles. The van der Waals surface area contributed by atoms with Crippen LogP contribution < -0.4 is 20.1 Å². The van der Waals surface area contributed by atoms with E-state index < -0.39 is 5.97 Å². The van der Waals surface area contributed by atoms with Gasteiger partial charge in [0.25, 0.3) is 5.91 Å². The summed E-state index contributed by atoms with van der Waals surface area (Å²) in [5, 5.41) is 5.32. The summed E-state index contributed by atoms with van der Waals surface area (Å²) in [5.74, 6) is -0.583. The van der Waals surface area contributed by atoms with Crippen molar-refractivity contribution in [3.63, 3.8) is 0 Å². The third kappa shape index (κ3) is 6.66. The van der Waals surface area contributed by atoms with Crippen molar-refractivity contribution < 1.29 is 23.9 Å². The van der Waals surface area contributed by atoms with E-state index in [9.17, 15) is 14.4 Å². The Labute approximate surface area is 147 Å². The van der Waals surface area contributed by atoms with Crippen LogP contribution >= 0.6 is 0 Å². The Morgan fingerprint density at radius 1 is 1.20 bits per heavy atom. The smallest absolute Gasteiger partial charge is 0.308 e. The number of carbonyl (C=O) groups is 3. The SMILES string of the molecule is CC[C@H](C)NC(=O)/C(=C\c1ccc(OC(C)=O)c(OC)c1)NC(C)=O. The van der Waals surface area contributed by atoms with E-state index in [0.29, 0.717) is 11.3 Å². The van der Waals surface area contributed by atoms with Gasteiger partial charge in [-0.25, -0.2) is 0 Å². The van der Waals surface area contributed by atoms with Crippen LogP contribution in [-0.4, -0.2) is 30.9 Å². The Hall–Kier alpha value is -2.83. The highest BCUT2D eigenvalue weighted by Gasteiger charge is 2.14. The van der Waals surface area contributed by atoms with Crippen LogP contribution in [0, 0.1) is 0 Å². The van der Waals surface area contributed by atoms with Crippen molar-refractivity contribution in [1.29, 1.82) is 0 Å². The van der Waals surface area contributed by atoms with Gasteiger partial charge in [0.05, 0.1) is 7.11 Å². The fraction of sp³-hybridized carbons (Fsp3) is 0.389. The minimum Gasteiger partial charge on any atom is -0.493 e. The molecule has 0 spiro atoms. The standard InChI is InChI=1S/C18H24N2O5/c1-6-11(2)19-18(23)15(20-12(3)21)9-14-7-8-16(25-13(4)22)17(10-14)24-5/h7-11H,6H2,1-5H3,(H,19,23)(H,20,21)/b15-9+/t11-/m0/s1. The third-order valence-corrected chi connectivity index (χ3v) is 3.30. The molecule has 1 aromatic carbocycles. The Morgan fingerprint density at radius 2 is 1.88 bits per heavy atom. The van der Waals surface area contributed by atoms with Gasteiger partial charge < -0.3 is 20.1 Å². The summed E-state index contributed by atoms with van der Waals surface area (Å²) in [6.45, 7) is 6.45. The molecule has 1 aromatic rings. The second-order valence-corrected chi connectivity index (χ2v) is 5.53. The Kier molecular flexibility index (Phi) is 7.65. The lowest BCUT2D eigenvalue weighted by molar-refractivity contribution is -0.132. The molecule has 7 nitrogen and oxygen atoms in total. The molecule has 0 aliphatic carbocycles. The number of carbonyl (C=O) groups excluding carboxylic acids is 3. The molecule has 0 saturated carbocycles. The molecule has 2 amide bonds. The number of nitrogens with one attached hydrogen (secondary N) is 2. The van der Waals surface area contributed by atoms with Crippen LogP contribution in [0.4, 0.5) is 0 Å². The van der Waals surface area contributed by atoms with Crippen molar-refractivity contribution in [3.05, 3.63) is 29.5 Å². The van der Waals surface area contributed by atoms with E-state index in [4.69, 9.17) is 9.47 Å². The van der Waals surface area contributed by atoms with Gasteiger partial charge in [-0.05, 0) is 37.1 Å². The molecule has 2 N–H and O–H groups in total. The van der Waals surface area contributed by atoms with Gasteiger partial charge in [0.15, 0.2) is 11.5 Å². The monoisotopic (exact) mass is 348 g/mol. The highest BCUT2D eigenvalue weighted by molar-refractivity contribution is 6.01. The van der Waals surface area contributed by atoms with E-state index in [0.717, 1.165) is 6.42 Å². The van der Waals surface area contributed by atoms with Gasteiger partial charge in [0, 0.05) is 19.9 Å². The highest BCUT2D eigenvalue weighted by atomic mass is 16.6. The molecular weight excluding hydrogens is 324 g/mol. The summed E-state index contributed by atoms with van der Waals surface area (Å²) in [7, 11) is 1.44. The average molecular weight is 348 g/mol. The minimum absolute atomic E-state index is 0.0227. The van der Waals surface area contributed by atoms with Gasteiger partial charge in [0.1, 0.15) is 5.70 Å². The summed E-state index contributed by atoms with van der Waals surface area (Å²) in [6, 6.07) is 4.80. The second-order valence-electron chi connectivity index (χ2n) is 5.53. The lowest BCUT2D eigenvalue weighted by Crippen LogP contribution is -2.38. The summed E-state index contributed by atoms with van der Waals surface area (Å²) < 4.78 is 10.2. The van der Waals surface area contributed by atoms with Gasteiger partial charge in [0.2, 0.25) is 5.91 Å². The summed E-state index contributed by atoms with van der Waals surface area (Å²) in [4.78, 5) is 34.8. The van der Waals surface area contributed by atoms with E-state index in [2.05, 4.69) is 10.6 Å². The molecule has 1 rings (SSSR count). The van der Waals surface area contributed by atoms with Crippen molar-refractivity contribution in [2.24, 2.45) is 0 Å². The van der Waals surface area contributed by atoms with Crippen molar-refractivity contribution >= 4 is 23.9 Å². The Morgan fingerprint density at radius 3 is 2.40 bits per heavy atom. The number of esters is 1. The maximum atomic E-state index is 12.3. The van der Waals surface area contributed by atoms with Gasteiger partial charge >= 0.3 is 5.97 Å². The van der Waals surface area contributed by atoms with E-state index in [-0.39, 0.29) is 29.3 Å². The van der Waals surface area contributed by atoms with E-state index in [1.807, 2.05) is 13.8 Å². The number of ether oxygens (including phenoxy) is 2. The first-order valence-corrected chi connectivity index (χ1v) is 7.93. The van der Waals surface area contributed by atoms with E-state index in [1.165, 1.54) is 27.0 Å². The van der Waals surface area contributed by atoms with Crippen molar-refractivity contribution in [1.82, 2.24) is 10.6 Å². The van der Waals surface area contributed by atoms with Crippen LogP contribution in [0.15, 0.2) is 23.9 Å². The molecule has 0 bridgehead atoms. The first-order chi connectivity index (χ1) is 11.8. The summed E-state index contributed by atoms with van der Waals surface area (Å²) >= 11 is 0. The largest absolute Gasteiger partial charge is 0.493 e. The third-order valence-electron chi connectivity index (χ3n) is 3.30. The molecule has 0 fully saturated rings. The van der Waals surface area contributed by atoms with E-state index >= 15 is 0 Å². The zero-order chi connectivity index (χ0) is 19.0. The van der Waals surface area contributed by atoms with Gasteiger partial charge in [-0.15, -0.1) is 0 Å². The maximum Gasteiger partial charge on any atom is 0.308 e. The number of hydrogen-bond donors (Lipinski definition) is 2. The predicted molar refractivity (Wildman–Crippen MR) is 94.0 cm³/mol. The predicted octanol–water partition coefficient (Wildman–Crippen LogP) is 2.01. The number of amides is 2. The van der Waals surface area contributed by atoms with E-state index in [1.54, 1.807) is 18.2 Å². The number of hydrogen-bond acceptors (Lipinski definition) is 5. The fourth-order valence-electron chi connectivity index (χ4n) is 1.93. The van der Waals surface area contributed by atoms with Crippen molar-refractivity contribution in [3.8, 4) is 11.5 Å². The Bertz CT molecular complexity index is 682. The highest BCUT2D eigenvalue weighted by Crippen LogP contribution is 2.29. The summed E-state index contributed by atoms with van der Waals surface area (Å²) in [5.41, 5.74) is 0.728. The molecule has 0 aromatic heterocycles. The first kappa shape index (κ1) is 20.2. The average Bonchev–Trinajstić information content (AvgIpc) is 2.54. The molecule has 0 radical (unpaired) electrons. The molecule has 7 heteroatoms. The number of rotatable bonds is 7. The van der Waals surface area contributed by atoms with Gasteiger partial charge in [-0.2, -0.15) is 0 Å². The molecule has 0 aliphatic rings. The van der Waals surface area contributed by atoms with Crippen LogP contribution in [0.3, 0.4) is 0 Å². The number of methoxy groups -OCH3 is 1.